The molecule has 0 spiro atoms. The fourth-order valence-corrected chi connectivity index (χ4v) is 2.87. The van der Waals surface area contributed by atoms with Crippen LogP contribution in [0.1, 0.15) is 10.6 Å². The van der Waals surface area contributed by atoms with Crippen LogP contribution in [0.2, 0.25) is 0 Å². The van der Waals surface area contributed by atoms with Crippen molar-refractivity contribution in [2.45, 2.75) is 0 Å². The largest absolute Gasteiger partial charge is 0.237 e. The third-order valence-electron chi connectivity index (χ3n) is 2.97. The van der Waals surface area contributed by atoms with Crippen LogP contribution in [0.5, 0.6) is 0 Å². The Bertz CT molecular complexity index is 777. The third kappa shape index (κ3) is 3.46. The maximum absolute atomic E-state index is 13.5. The van der Waals surface area contributed by atoms with Crippen molar-refractivity contribution in [3.05, 3.63) is 74.8 Å². The summed E-state index contributed by atoms with van der Waals surface area (Å²) in [6, 6.07) is 14.7. The van der Waals surface area contributed by atoms with Crippen molar-refractivity contribution in [1.29, 1.82) is 0 Å². The first-order valence-electron chi connectivity index (χ1n) is 6.36. The lowest BCUT2D eigenvalue weighted by Gasteiger charge is -1.96. The Kier molecular flexibility index (Phi) is 4.27. The van der Waals surface area contributed by atoms with E-state index in [1.165, 1.54) is 6.07 Å². The average molecular weight is 360 g/mol. The lowest BCUT2D eigenvalue weighted by molar-refractivity contribution is 0.625. The Morgan fingerprint density at radius 1 is 1.00 bits per heavy atom. The minimum Gasteiger partial charge on any atom is -0.237 e. The summed E-state index contributed by atoms with van der Waals surface area (Å²) in [4.78, 5) is 4.55. The van der Waals surface area contributed by atoms with Gasteiger partial charge in [-0.2, -0.15) is 0 Å². The SMILES string of the molecule is Fc1ccccc1C=Cc1nc(-c2ccc(Br)cc2)cs1. The van der Waals surface area contributed by atoms with Crippen LogP contribution in [0.25, 0.3) is 23.4 Å². The number of benzene rings is 2. The third-order valence-corrected chi connectivity index (χ3v) is 4.31. The zero-order chi connectivity index (χ0) is 14.7. The second kappa shape index (κ2) is 6.33. The van der Waals surface area contributed by atoms with Gasteiger partial charge in [0.2, 0.25) is 0 Å². The zero-order valence-electron chi connectivity index (χ0n) is 11.0. The monoisotopic (exact) mass is 359 g/mol. The molecule has 1 aromatic heterocycles. The summed E-state index contributed by atoms with van der Waals surface area (Å²) in [5, 5.41) is 2.86. The molecule has 0 aliphatic carbocycles. The Labute approximate surface area is 134 Å². The molecule has 4 heteroatoms. The van der Waals surface area contributed by atoms with E-state index in [1.807, 2.05) is 41.8 Å². The van der Waals surface area contributed by atoms with Gasteiger partial charge in [0, 0.05) is 21.0 Å². The molecule has 0 fully saturated rings. The molecule has 0 aliphatic heterocycles. The molecule has 0 saturated heterocycles. The van der Waals surface area contributed by atoms with Crippen LogP contribution in [0.4, 0.5) is 4.39 Å². The van der Waals surface area contributed by atoms with Crippen LogP contribution in [-0.2, 0) is 0 Å². The number of thiazole rings is 1. The predicted molar refractivity (Wildman–Crippen MR) is 90.6 cm³/mol. The molecule has 0 atom stereocenters. The predicted octanol–water partition coefficient (Wildman–Crippen LogP) is 5.88. The maximum atomic E-state index is 13.5. The van der Waals surface area contributed by atoms with E-state index < -0.39 is 0 Å². The Hall–Kier alpha value is -1.78. The summed E-state index contributed by atoms with van der Waals surface area (Å²) in [5.41, 5.74) is 2.57. The van der Waals surface area contributed by atoms with Gasteiger partial charge >= 0.3 is 0 Å². The molecule has 21 heavy (non-hydrogen) atoms. The van der Waals surface area contributed by atoms with Gasteiger partial charge in [0.25, 0.3) is 0 Å². The van der Waals surface area contributed by atoms with Gasteiger partial charge < -0.3 is 0 Å². The molecular weight excluding hydrogens is 349 g/mol. The molecule has 0 amide bonds. The number of aromatic nitrogens is 1. The number of halogens is 2. The van der Waals surface area contributed by atoms with E-state index in [4.69, 9.17) is 0 Å². The van der Waals surface area contributed by atoms with Crippen molar-refractivity contribution in [2.75, 3.05) is 0 Å². The van der Waals surface area contributed by atoms with Crippen molar-refractivity contribution in [1.82, 2.24) is 4.98 Å². The highest BCUT2D eigenvalue weighted by atomic mass is 79.9. The van der Waals surface area contributed by atoms with Gasteiger partial charge in [0.15, 0.2) is 0 Å². The second-order valence-electron chi connectivity index (χ2n) is 4.43. The van der Waals surface area contributed by atoms with Crippen molar-refractivity contribution in [3.8, 4) is 11.3 Å². The molecule has 104 valence electrons. The lowest BCUT2D eigenvalue weighted by atomic mass is 10.2. The molecule has 0 bridgehead atoms. The number of rotatable bonds is 3. The lowest BCUT2D eigenvalue weighted by Crippen LogP contribution is -1.80. The molecule has 0 radical (unpaired) electrons. The average Bonchev–Trinajstić information content (AvgIpc) is 2.96. The summed E-state index contributed by atoms with van der Waals surface area (Å²) in [6.07, 6.45) is 3.59. The highest BCUT2D eigenvalue weighted by Crippen LogP contribution is 2.24. The highest BCUT2D eigenvalue weighted by Gasteiger charge is 2.03. The molecule has 1 nitrogen and oxygen atoms in total. The van der Waals surface area contributed by atoms with E-state index in [2.05, 4.69) is 20.9 Å². The molecule has 3 rings (SSSR count). The standard InChI is InChI=1S/C17H11BrFNS/c18-14-8-5-13(6-9-14)16-11-21-17(20-16)10-7-12-3-1-2-4-15(12)19/h1-11H. The summed E-state index contributed by atoms with van der Waals surface area (Å²) < 4.78 is 14.6. The summed E-state index contributed by atoms with van der Waals surface area (Å²) in [7, 11) is 0. The first-order chi connectivity index (χ1) is 10.2. The highest BCUT2D eigenvalue weighted by molar-refractivity contribution is 9.10. The number of nitrogens with zero attached hydrogens (tertiary/aromatic N) is 1. The zero-order valence-corrected chi connectivity index (χ0v) is 13.4. The molecule has 0 saturated carbocycles. The summed E-state index contributed by atoms with van der Waals surface area (Å²) in [6.45, 7) is 0. The summed E-state index contributed by atoms with van der Waals surface area (Å²) in [5.74, 6) is -0.224. The molecule has 3 aromatic rings. The van der Waals surface area contributed by atoms with Crippen molar-refractivity contribution in [3.63, 3.8) is 0 Å². The fourth-order valence-electron chi connectivity index (χ4n) is 1.89. The van der Waals surface area contributed by atoms with Crippen molar-refractivity contribution in [2.24, 2.45) is 0 Å². The van der Waals surface area contributed by atoms with Gasteiger partial charge in [-0.25, -0.2) is 9.37 Å². The van der Waals surface area contributed by atoms with Crippen molar-refractivity contribution >= 4 is 39.4 Å². The van der Waals surface area contributed by atoms with Crippen LogP contribution in [-0.4, -0.2) is 4.98 Å². The smallest absolute Gasteiger partial charge is 0.130 e. The van der Waals surface area contributed by atoms with E-state index in [0.717, 1.165) is 20.7 Å². The van der Waals surface area contributed by atoms with Gasteiger partial charge in [-0.05, 0) is 30.4 Å². The number of hydrogen-bond donors (Lipinski definition) is 0. The molecule has 0 unspecified atom stereocenters. The van der Waals surface area contributed by atoms with Gasteiger partial charge in [-0.15, -0.1) is 11.3 Å². The Morgan fingerprint density at radius 2 is 1.76 bits per heavy atom. The minimum atomic E-state index is -0.224. The normalized spacial score (nSPS) is 11.1. The maximum Gasteiger partial charge on any atom is 0.130 e. The van der Waals surface area contributed by atoms with Crippen LogP contribution >= 0.6 is 27.3 Å². The van der Waals surface area contributed by atoms with Gasteiger partial charge in [0.1, 0.15) is 10.8 Å². The summed E-state index contributed by atoms with van der Waals surface area (Å²) >= 11 is 4.96. The van der Waals surface area contributed by atoms with Crippen LogP contribution in [0, 0.1) is 5.82 Å². The molecule has 1 heterocycles. The fraction of sp³-hybridized carbons (Fsp3) is 0. The van der Waals surface area contributed by atoms with E-state index in [9.17, 15) is 4.39 Å². The molecule has 0 N–H and O–H groups in total. The van der Waals surface area contributed by atoms with Crippen LogP contribution in [0.3, 0.4) is 0 Å². The minimum absolute atomic E-state index is 0.224. The topological polar surface area (TPSA) is 12.9 Å². The van der Waals surface area contributed by atoms with Gasteiger partial charge in [0.05, 0.1) is 5.69 Å². The van der Waals surface area contributed by atoms with E-state index in [0.29, 0.717) is 5.56 Å². The molecular formula is C17H11BrFNS. The first kappa shape index (κ1) is 14.2. The van der Waals surface area contributed by atoms with E-state index >= 15 is 0 Å². The second-order valence-corrected chi connectivity index (χ2v) is 6.24. The van der Waals surface area contributed by atoms with E-state index in [1.54, 1.807) is 29.5 Å². The van der Waals surface area contributed by atoms with Crippen LogP contribution < -0.4 is 0 Å². The quantitative estimate of drug-likeness (QED) is 0.568. The Balaban J connectivity index is 1.82. The van der Waals surface area contributed by atoms with Crippen molar-refractivity contribution < 1.29 is 4.39 Å². The Morgan fingerprint density at radius 3 is 2.52 bits per heavy atom. The number of hydrogen-bond acceptors (Lipinski definition) is 2. The van der Waals surface area contributed by atoms with Gasteiger partial charge in [-0.1, -0.05) is 46.3 Å². The molecule has 2 aromatic carbocycles. The van der Waals surface area contributed by atoms with Crippen LogP contribution in [0.15, 0.2) is 58.4 Å². The first-order valence-corrected chi connectivity index (χ1v) is 8.04. The van der Waals surface area contributed by atoms with Gasteiger partial charge in [-0.3, -0.25) is 0 Å². The van der Waals surface area contributed by atoms with E-state index in [-0.39, 0.29) is 5.82 Å². The molecule has 0 aliphatic rings.